The van der Waals surface area contributed by atoms with E-state index in [4.69, 9.17) is 5.11 Å². The van der Waals surface area contributed by atoms with Gasteiger partial charge in [0.25, 0.3) is 0 Å². The number of aliphatic hydroxyl groups excluding tert-OH is 1. The molecular weight excluding hydrogens is 214 g/mol. The summed E-state index contributed by atoms with van der Waals surface area (Å²) >= 11 is 0. The van der Waals surface area contributed by atoms with Crippen LogP contribution in [0.2, 0.25) is 0 Å². The molecule has 1 aromatic rings. The van der Waals surface area contributed by atoms with Crippen molar-refractivity contribution >= 4 is 5.91 Å². The number of hydrogen-bond donors (Lipinski definition) is 1. The van der Waals surface area contributed by atoms with Gasteiger partial charge in [-0.3, -0.25) is 4.79 Å². The first kappa shape index (κ1) is 11.9. The van der Waals surface area contributed by atoms with Crippen molar-refractivity contribution in [1.82, 2.24) is 4.90 Å². The van der Waals surface area contributed by atoms with E-state index in [9.17, 15) is 4.79 Å². The molecular formula is C14H17NO2. The van der Waals surface area contributed by atoms with E-state index in [-0.39, 0.29) is 18.4 Å². The van der Waals surface area contributed by atoms with Crippen LogP contribution in [0.4, 0.5) is 0 Å². The molecule has 1 aromatic carbocycles. The van der Waals surface area contributed by atoms with Crippen LogP contribution in [-0.2, 0) is 17.9 Å². The van der Waals surface area contributed by atoms with E-state index < -0.39 is 0 Å². The summed E-state index contributed by atoms with van der Waals surface area (Å²) < 4.78 is 0. The van der Waals surface area contributed by atoms with Gasteiger partial charge in [0.15, 0.2) is 0 Å². The second-order valence-corrected chi connectivity index (χ2v) is 4.45. The summed E-state index contributed by atoms with van der Waals surface area (Å²) in [6.07, 6.45) is 2.42. The number of nitrogens with zero attached hydrogens (tertiary/aromatic N) is 1. The van der Waals surface area contributed by atoms with Gasteiger partial charge in [-0.05, 0) is 11.1 Å². The van der Waals surface area contributed by atoms with Crippen molar-refractivity contribution in [2.75, 3.05) is 6.54 Å². The van der Waals surface area contributed by atoms with Crippen molar-refractivity contribution in [3.63, 3.8) is 0 Å². The Morgan fingerprint density at radius 3 is 2.88 bits per heavy atom. The topological polar surface area (TPSA) is 40.5 Å². The first-order valence-corrected chi connectivity index (χ1v) is 5.82. The number of amides is 1. The fourth-order valence-corrected chi connectivity index (χ4v) is 2.16. The molecule has 1 saturated heterocycles. The number of rotatable bonds is 4. The van der Waals surface area contributed by atoms with Gasteiger partial charge < -0.3 is 10.0 Å². The summed E-state index contributed by atoms with van der Waals surface area (Å²) in [7, 11) is 0. The van der Waals surface area contributed by atoms with Crippen molar-refractivity contribution in [2.45, 2.75) is 19.6 Å². The quantitative estimate of drug-likeness (QED) is 0.801. The molecule has 1 atom stereocenters. The Labute approximate surface area is 101 Å². The smallest absolute Gasteiger partial charge is 0.223 e. The van der Waals surface area contributed by atoms with Crippen LogP contribution in [0.3, 0.4) is 0 Å². The van der Waals surface area contributed by atoms with Gasteiger partial charge in [0.05, 0.1) is 6.61 Å². The second kappa shape index (κ2) is 5.15. The van der Waals surface area contributed by atoms with E-state index in [1.54, 1.807) is 0 Å². The van der Waals surface area contributed by atoms with Gasteiger partial charge in [0.2, 0.25) is 5.91 Å². The van der Waals surface area contributed by atoms with Crippen molar-refractivity contribution in [2.24, 2.45) is 5.92 Å². The number of carbonyl (C=O) groups is 1. The molecule has 90 valence electrons. The molecule has 0 spiro atoms. The average molecular weight is 231 g/mol. The molecule has 3 nitrogen and oxygen atoms in total. The molecule has 0 saturated carbocycles. The molecule has 17 heavy (non-hydrogen) atoms. The average Bonchev–Trinajstić information content (AvgIpc) is 2.70. The maximum Gasteiger partial charge on any atom is 0.223 e. The molecule has 1 unspecified atom stereocenters. The first-order valence-electron chi connectivity index (χ1n) is 5.82. The van der Waals surface area contributed by atoms with Crippen LogP contribution >= 0.6 is 0 Å². The first-order chi connectivity index (χ1) is 8.22. The molecule has 1 amide bonds. The van der Waals surface area contributed by atoms with Crippen LogP contribution in [0.1, 0.15) is 17.5 Å². The maximum absolute atomic E-state index is 11.7. The highest BCUT2D eigenvalue weighted by atomic mass is 16.3. The van der Waals surface area contributed by atoms with Crippen LogP contribution in [0.5, 0.6) is 0 Å². The van der Waals surface area contributed by atoms with Crippen molar-refractivity contribution in [1.29, 1.82) is 0 Å². The largest absolute Gasteiger partial charge is 0.392 e. The van der Waals surface area contributed by atoms with E-state index in [0.29, 0.717) is 13.0 Å². The lowest BCUT2D eigenvalue weighted by Crippen LogP contribution is -2.24. The van der Waals surface area contributed by atoms with E-state index in [1.165, 1.54) is 0 Å². The third-order valence-electron chi connectivity index (χ3n) is 3.13. The SMILES string of the molecule is C=CC1CC(=O)N(Cc2cccc(CO)c2)C1. The van der Waals surface area contributed by atoms with Gasteiger partial charge in [-0.2, -0.15) is 0 Å². The highest BCUT2D eigenvalue weighted by Gasteiger charge is 2.27. The fourth-order valence-electron chi connectivity index (χ4n) is 2.16. The van der Waals surface area contributed by atoms with Gasteiger partial charge in [-0.15, -0.1) is 6.58 Å². The zero-order valence-electron chi connectivity index (χ0n) is 9.80. The van der Waals surface area contributed by atoms with Gasteiger partial charge in [0, 0.05) is 25.4 Å². The Kier molecular flexibility index (Phi) is 3.59. The van der Waals surface area contributed by atoms with Crippen molar-refractivity contribution in [3.05, 3.63) is 48.0 Å². The summed E-state index contributed by atoms with van der Waals surface area (Å²) in [6.45, 7) is 5.15. The third kappa shape index (κ3) is 2.74. The minimum absolute atomic E-state index is 0.0388. The lowest BCUT2D eigenvalue weighted by molar-refractivity contribution is -0.128. The Hall–Kier alpha value is -1.61. The molecule has 0 aromatic heterocycles. The fraction of sp³-hybridized carbons (Fsp3) is 0.357. The van der Waals surface area contributed by atoms with E-state index in [0.717, 1.165) is 17.7 Å². The Balaban J connectivity index is 2.05. The predicted octanol–water partition coefficient (Wildman–Crippen LogP) is 1.71. The molecule has 1 heterocycles. The highest BCUT2D eigenvalue weighted by Crippen LogP contribution is 2.21. The van der Waals surface area contributed by atoms with Gasteiger partial charge in [0.1, 0.15) is 0 Å². The lowest BCUT2D eigenvalue weighted by Gasteiger charge is -2.16. The second-order valence-electron chi connectivity index (χ2n) is 4.45. The minimum atomic E-state index is 0.0388. The normalized spacial score (nSPS) is 19.7. The molecule has 2 rings (SSSR count). The molecule has 0 bridgehead atoms. The molecule has 1 aliphatic heterocycles. The van der Waals surface area contributed by atoms with Crippen molar-refractivity contribution < 1.29 is 9.90 Å². The van der Waals surface area contributed by atoms with Crippen LogP contribution < -0.4 is 0 Å². The Morgan fingerprint density at radius 2 is 2.24 bits per heavy atom. The Morgan fingerprint density at radius 1 is 1.47 bits per heavy atom. The number of benzene rings is 1. The van der Waals surface area contributed by atoms with Crippen LogP contribution in [0, 0.1) is 5.92 Å². The number of hydrogen-bond acceptors (Lipinski definition) is 2. The zero-order chi connectivity index (χ0) is 12.3. The predicted molar refractivity (Wildman–Crippen MR) is 66.1 cm³/mol. The van der Waals surface area contributed by atoms with E-state index in [1.807, 2.05) is 35.2 Å². The van der Waals surface area contributed by atoms with Crippen LogP contribution in [0.15, 0.2) is 36.9 Å². The summed E-state index contributed by atoms with van der Waals surface area (Å²) in [4.78, 5) is 13.6. The number of carbonyl (C=O) groups excluding carboxylic acids is 1. The summed E-state index contributed by atoms with van der Waals surface area (Å²) in [6, 6.07) is 7.70. The summed E-state index contributed by atoms with van der Waals surface area (Å²) in [5.74, 6) is 0.466. The molecule has 1 fully saturated rings. The lowest BCUT2D eigenvalue weighted by atomic mass is 10.1. The standard InChI is InChI=1S/C14H17NO2/c1-2-11-7-14(17)15(8-11)9-12-4-3-5-13(6-12)10-16/h2-6,11,16H,1,7-10H2. The number of likely N-dealkylation sites (tertiary alicyclic amines) is 1. The van der Waals surface area contributed by atoms with Gasteiger partial charge in [-0.1, -0.05) is 30.3 Å². The molecule has 0 aliphatic carbocycles. The monoisotopic (exact) mass is 231 g/mol. The molecule has 0 radical (unpaired) electrons. The van der Waals surface area contributed by atoms with E-state index >= 15 is 0 Å². The minimum Gasteiger partial charge on any atom is -0.392 e. The summed E-state index contributed by atoms with van der Waals surface area (Å²) in [5.41, 5.74) is 1.95. The molecule has 3 heteroatoms. The van der Waals surface area contributed by atoms with E-state index in [2.05, 4.69) is 6.58 Å². The molecule has 1 N–H and O–H groups in total. The third-order valence-corrected chi connectivity index (χ3v) is 3.13. The Bertz CT molecular complexity index is 428. The number of aliphatic hydroxyl groups is 1. The zero-order valence-corrected chi connectivity index (χ0v) is 9.80. The maximum atomic E-state index is 11.7. The van der Waals surface area contributed by atoms with Crippen LogP contribution in [-0.4, -0.2) is 22.5 Å². The van der Waals surface area contributed by atoms with Crippen LogP contribution in [0.25, 0.3) is 0 Å². The van der Waals surface area contributed by atoms with Crippen molar-refractivity contribution in [3.8, 4) is 0 Å². The van der Waals surface area contributed by atoms with Gasteiger partial charge in [-0.25, -0.2) is 0 Å². The highest BCUT2D eigenvalue weighted by molar-refractivity contribution is 5.79. The summed E-state index contributed by atoms with van der Waals surface area (Å²) in [5, 5.41) is 9.06. The molecule has 1 aliphatic rings. The van der Waals surface area contributed by atoms with Gasteiger partial charge >= 0.3 is 0 Å².